The van der Waals surface area contributed by atoms with E-state index in [1.165, 1.54) is 0 Å². The van der Waals surface area contributed by atoms with Gasteiger partial charge in [0.05, 0.1) is 5.56 Å². The Labute approximate surface area is 191 Å². The van der Waals surface area contributed by atoms with Crippen molar-refractivity contribution < 1.29 is 19.1 Å². The molecule has 1 aliphatic heterocycles. The number of ether oxygens (including phenoxy) is 1. The smallest absolute Gasteiger partial charge is 0.193 e. The molecule has 2 atom stereocenters. The Morgan fingerprint density at radius 1 is 0.636 bits per heavy atom. The molecule has 0 aromatic heterocycles. The van der Waals surface area contributed by atoms with Gasteiger partial charge < -0.3 is 4.74 Å². The minimum atomic E-state index is -1.02. The Bertz CT molecular complexity index is 1330. The van der Waals surface area contributed by atoms with E-state index in [0.29, 0.717) is 28.0 Å². The molecular weight excluding hydrogens is 412 g/mol. The van der Waals surface area contributed by atoms with Gasteiger partial charge in [-0.3, -0.25) is 14.4 Å². The van der Waals surface area contributed by atoms with Crippen molar-refractivity contribution in [2.45, 2.75) is 6.10 Å². The molecule has 5 rings (SSSR count). The highest BCUT2D eigenvalue weighted by molar-refractivity contribution is 6.18. The highest BCUT2D eigenvalue weighted by atomic mass is 16.5. The maximum atomic E-state index is 13.6. The quantitative estimate of drug-likeness (QED) is 0.298. The van der Waals surface area contributed by atoms with E-state index in [0.717, 1.165) is 5.56 Å². The van der Waals surface area contributed by atoms with Gasteiger partial charge in [0.1, 0.15) is 17.8 Å². The van der Waals surface area contributed by atoms with Crippen molar-refractivity contribution in [2.75, 3.05) is 0 Å². The normalized spacial score (nSPS) is 17.0. The van der Waals surface area contributed by atoms with Gasteiger partial charge in [-0.2, -0.15) is 0 Å². The molecule has 0 N–H and O–H groups in total. The molecule has 0 bridgehead atoms. The number of hydrogen-bond donors (Lipinski definition) is 0. The zero-order valence-electron chi connectivity index (χ0n) is 17.7. The number of carbonyl (C=O) groups excluding carboxylic acids is 3. The molecule has 33 heavy (non-hydrogen) atoms. The fourth-order valence-electron chi connectivity index (χ4n) is 4.17. The summed E-state index contributed by atoms with van der Waals surface area (Å²) < 4.78 is 6.28. The summed E-state index contributed by atoms with van der Waals surface area (Å²) >= 11 is 0. The molecule has 0 amide bonds. The van der Waals surface area contributed by atoms with Crippen LogP contribution in [0.2, 0.25) is 0 Å². The van der Waals surface area contributed by atoms with Crippen molar-refractivity contribution in [1.82, 2.24) is 0 Å². The molecule has 0 radical (unpaired) electrons. The van der Waals surface area contributed by atoms with E-state index in [9.17, 15) is 14.4 Å². The average molecular weight is 432 g/mol. The maximum Gasteiger partial charge on any atom is 0.193 e. The van der Waals surface area contributed by atoms with Gasteiger partial charge in [0.25, 0.3) is 0 Å². The largest absolute Gasteiger partial charge is 0.484 e. The van der Waals surface area contributed by atoms with Crippen molar-refractivity contribution >= 4 is 17.3 Å². The van der Waals surface area contributed by atoms with E-state index >= 15 is 0 Å². The molecule has 0 spiro atoms. The number of rotatable bonds is 5. The monoisotopic (exact) mass is 432 g/mol. The summed E-state index contributed by atoms with van der Waals surface area (Å²) in [5.41, 5.74) is 2.47. The molecule has 4 aromatic rings. The summed E-state index contributed by atoms with van der Waals surface area (Å²) in [7, 11) is 0. The van der Waals surface area contributed by atoms with Gasteiger partial charge in [-0.1, -0.05) is 97.1 Å². The van der Waals surface area contributed by atoms with Crippen molar-refractivity contribution in [3.63, 3.8) is 0 Å². The van der Waals surface area contributed by atoms with Gasteiger partial charge in [0.15, 0.2) is 17.3 Å². The first-order chi connectivity index (χ1) is 16.1. The van der Waals surface area contributed by atoms with Crippen molar-refractivity contribution in [3.05, 3.63) is 137 Å². The molecule has 160 valence electrons. The van der Waals surface area contributed by atoms with Gasteiger partial charge in [-0.25, -0.2) is 0 Å². The van der Waals surface area contributed by atoms with E-state index in [1.807, 2.05) is 42.5 Å². The molecule has 2 unspecified atom stereocenters. The van der Waals surface area contributed by atoms with Crippen LogP contribution < -0.4 is 4.74 Å². The Morgan fingerprint density at radius 3 is 1.85 bits per heavy atom. The molecule has 1 aliphatic rings. The van der Waals surface area contributed by atoms with Gasteiger partial charge in [-0.05, 0) is 17.7 Å². The minimum absolute atomic E-state index is 0.159. The highest BCUT2D eigenvalue weighted by Crippen LogP contribution is 2.41. The van der Waals surface area contributed by atoms with Crippen LogP contribution in [-0.4, -0.2) is 17.3 Å². The third-order valence-electron chi connectivity index (χ3n) is 5.85. The third kappa shape index (κ3) is 3.87. The van der Waals surface area contributed by atoms with E-state index in [4.69, 9.17) is 4.74 Å². The number of ketones is 3. The summed E-state index contributed by atoms with van der Waals surface area (Å²) in [6.07, 6.45) is -0.791. The lowest BCUT2D eigenvalue weighted by molar-refractivity contribution is 0.0568. The standard InChI is InChI=1S/C29H20O4/c30-26(19-10-4-1-5-11-19)22-16-17-23-24(18-22)33-29(21-14-8-3-9-15-21)25(28(23)32)27(31)20-12-6-2-7-13-20/h1-18,25,29H. The van der Waals surface area contributed by atoms with Gasteiger partial charge in [0.2, 0.25) is 0 Å². The molecule has 0 fully saturated rings. The van der Waals surface area contributed by atoms with Crippen LogP contribution in [0.1, 0.15) is 48.3 Å². The van der Waals surface area contributed by atoms with Gasteiger partial charge >= 0.3 is 0 Å². The zero-order chi connectivity index (χ0) is 22.8. The second-order valence-electron chi connectivity index (χ2n) is 7.93. The fraction of sp³-hybridized carbons (Fsp3) is 0.0690. The number of benzene rings is 4. The number of Topliss-reactive ketones (excluding diaryl/α,β-unsaturated/α-hetero) is 2. The molecule has 0 aliphatic carbocycles. The Balaban J connectivity index is 1.58. The lowest BCUT2D eigenvalue weighted by Crippen LogP contribution is -2.37. The first-order valence-corrected chi connectivity index (χ1v) is 10.7. The Hall–Kier alpha value is -4.31. The number of hydrogen-bond acceptors (Lipinski definition) is 4. The van der Waals surface area contributed by atoms with Crippen molar-refractivity contribution in [2.24, 2.45) is 5.92 Å². The van der Waals surface area contributed by atoms with Crippen LogP contribution in [0.15, 0.2) is 109 Å². The topological polar surface area (TPSA) is 60.4 Å². The second kappa shape index (κ2) is 8.67. The van der Waals surface area contributed by atoms with Crippen LogP contribution in [0.4, 0.5) is 0 Å². The highest BCUT2D eigenvalue weighted by Gasteiger charge is 2.43. The fourth-order valence-corrected chi connectivity index (χ4v) is 4.17. The third-order valence-corrected chi connectivity index (χ3v) is 5.85. The van der Waals surface area contributed by atoms with Gasteiger partial charge in [0, 0.05) is 16.7 Å². The van der Waals surface area contributed by atoms with E-state index in [2.05, 4.69) is 0 Å². The summed E-state index contributed by atoms with van der Waals surface area (Å²) in [5, 5.41) is 0. The van der Waals surface area contributed by atoms with Crippen molar-refractivity contribution in [3.8, 4) is 5.75 Å². The van der Waals surface area contributed by atoms with Crippen LogP contribution >= 0.6 is 0 Å². The lowest BCUT2D eigenvalue weighted by atomic mass is 9.80. The molecular formula is C29H20O4. The SMILES string of the molecule is O=C(c1ccccc1)c1ccc2c(c1)OC(c1ccccc1)C(C(=O)c1ccccc1)C2=O. The van der Waals surface area contributed by atoms with Crippen LogP contribution in [0.3, 0.4) is 0 Å². The number of carbonyl (C=O) groups is 3. The van der Waals surface area contributed by atoms with E-state index in [-0.39, 0.29) is 17.3 Å². The predicted octanol–water partition coefficient (Wildman–Crippen LogP) is 5.73. The minimum Gasteiger partial charge on any atom is -0.484 e. The molecule has 4 heteroatoms. The summed E-state index contributed by atoms with van der Waals surface area (Å²) in [5.74, 6) is -1.46. The number of fused-ring (bicyclic) bond motifs is 1. The maximum absolute atomic E-state index is 13.6. The van der Waals surface area contributed by atoms with Gasteiger partial charge in [-0.15, -0.1) is 0 Å². The first-order valence-electron chi connectivity index (χ1n) is 10.7. The summed E-state index contributed by atoms with van der Waals surface area (Å²) in [4.78, 5) is 39.9. The Kier molecular flexibility index (Phi) is 5.41. The van der Waals surface area contributed by atoms with Crippen LogP contribution in [0.5, 0.6) is 5.75 Å². The van der Waals surface area contributed by atoms with Crippen LogP contribution in [-0.2, 0) is 0 Å². The molecule has 0 saturated heterocycles. The van der Waals surface area contributed by atoms with E-state index in [1.54, 1.807) is 66.7 Å². The molecule has 0 saturated carbocycles. The molecule has 1 heterocycles. The average Bonchev–Trinajstić information content (AvgIpc) is 2.89. The zero-order valence-corrected chi connectivity index (χ0v) is 17.7. The first kappa shape index (κ1) is 20.6. The van der Waals surface area contributed by atoms with Crippen LogP contribution in [0.25, 0.3) is 0 Å². The molecule has 4 nitrogen and oxygen atoms in total. The van der Waals surface area contributed by atoms with E-state index < -0.39 is 12.0 Å². The predicted molar refractivity (Wildman–Crippen MR) is 125 cm³/mol. The van der Waals surface area contributed by atoms with Crippen LogP contribution in [0, 0.1) is 5.92 Å². The second-order valence-corrected chi connectivity index (χ2v) is 7.93. The lowest BCUT2D eigenvalue weighted by Gasteiger charge is -2.32. The molecule has 4 aromatic carbocycles. The summed E-state index contributed by atoms with van der Waals surface area (Å²) in [6.45, 7) is 0. The summed E-state index contributed by atoms with van der Waals surface area (Å²) in [6, 6.07) is 31.8. The Morgan fingerprint density at radius 2 is 1.21 bits per heavy atom. The van der Waals surface area contributed by atoms with Crippen molar-refractivity contribution in [1.29, 1.82) is 0 Å².